The van der Waals surface area contributed by atoms with Crippen LogP contribution < -0.4 is 10.2 Å². The number of hydrogen-bond acceptors (Lipinski definition) is 4. The first kappa shape index (κ1) is 19.4. The molecule has 0 aliphatic carbocycles. The van der Waals surface area contributed by atoms with Crippen LogP contribution in [0.15, 0.2) is 70.8 Å². The molecule has 2 N–H and O–H groups in total. The molecule has 2 aromatic carbocycles. The second-order valence-electron chi connectivity index (χ2n) is 5.76. The van der Waals surface area contributed by atoms with E-state index in [0.717, 1.165) is 16.9 Å². The number of amides is 1. The number of hydrogen-bond donors (Lipinski definition) is 2. The summed E-state index contributed by atoms with van der Waals surface area (Å²) in [5.41, 5.74) is 5.18. The molecule has 142 valence electrons. The van der Waals surface area contributed by atoms with Crippen LogP contribution in [0, 0.1) is 0 Å². The lowest BCUT2D eigenvalue weighted by Gasteiger charge is -2.02. The molecule has 6 nitrogen and oxygen atoms in total. The highest BCUT2D eigenvalue weighted by Gasteiger charge is 2.10. The van der Waals surface area contributed by atoms with Crippen molar-refractivity contribution in [3.8, 4) is 17.0 Å². The van der Waals surface area contributed by atoms with Crippen molar-refractivity contribution in [2.24, 2.45) is 5.10 Å². The van der Waals surface area contributed by atoms with Crippen molar-refractivity contribution in [1.29, 1.82) is 0 Å². The van der Waals surface area contributed by atoms with Gasteiger partial charge in [-0.05, 0) is 48.9 Å². The van der Waals surface area contributed by atoms with Gasteiger partial charge in [0.2, 0.25) is 0 Å². The molecule has 0 atom stereocenters. The largest absolute Gasteiger partial charge is 0.494 e. The van der Waals surface area contributed by atoms with Gasteiger partial charge in [-0.2, -0.15) is 10.2 Å². The molecule has 7 heteroatoms. The van der Waals surface area contributed by atoms with Crippen molar-refractivity contribution < 1.29 is 9.53 Å². The molecule has 0 aliphatic rings. The summed E-state index contributed by atoms with van der Waals surface area (Å²) >= 11 is 6.09. The zero-order chi connectivity index (χ0) is 19.8. The number of allylic oxidation sites excluding steroid dienone is 1. The Morgan fingerprint density at radius 3 is 2.68 bits per heavy atom. The number of nitrogens with one attached hydrogen (secondary N) is 2. The molecule has 0 saturated heterocycles. The molecule has 0 bridgehead atoms. The van der Waals surface area contributed by atoms with E-state index in [0.29, 0.717) is 23.0 Å². The fourth-order valence-corrected chi connectivity index (χ4v) is 2.61. The molecule has 0 spiro atoms. The van der Waals surface area contributed by atoms with Gasteiger partial charge in [0.25, 0.3) is 5.91 Å². The standard InChI is InChI=1S/C21H19ClN4O2/c1-2-28-18-10-8-16(9-11-18)19-13-20(25-24-19)21(27)26-23-14-17(22)12-15-6-4-3-5-7-15/h3-14H,2H2,1H3,(H,24,25)(H,26,27)/b17-12-,23-14+. The number of benzene rings is 2. The predicted molar refractivity (Wildman–Crippen MR) is 111 cm³/mol. The van der Waals surface area contributed by atoms with E-state index in [4.69, 9.17) is 16.3 Å². The van der Waals surface area contributed by atoms with Gasteiger partial charge in [-0.3, -0.25) is 9.89 Å². The number of aromatic nitrogens is 2. The van der Waals surface area contributed by atoms with Crippen LogP contribution in [0.1, 0.15) is 23.0 Å². The van der Waals surface area contributed by atoms with Gasteiger partial charge in [-0.1, -0.05) is 41.9 Å². The summed E-state index contributed by atoms with van der Waals surface area (Å²) in [7, 11) is 0. The van der Waals surface area contributed by atoms with Crippen molar-refractivity contribution in [1.82, 2.24) is 15.6 Å². The third-order valence-electron chi connectivity index (χ3n) is 3.74. The molecule has 0 unspecified atom stereocenters. The zero-order valence-corrected chi connectivity index (χ0v) is 16.0. The molecule has 3 aromatic rings. The van der Waals surface area contributed by atoms with Gasteiger partial charge in [0.05, 0.1) is 23.5 Å². The topological polar surface area (TPSA) is 79.4 Å². The van der Waals surface area contributed by atoms with Gasteiger partial charge in [-0.15, -0.1) is 0 Å². The number of nitrogens with zero attached hydrogens (tertiary/aromatic N) is 2. The third-order valence-corrected chi connectivity index (χ3v) is 3.95. The molecule has 0 radical (unpaired) electrons. The first-order chi connectivity index (χ1) is 13.7. The Bertz CT molecular complexity index is 979. The van der Waals surface area contributed by atoms with E-state index in [1.807, 2.05) is 61.5 Å². The number of ether oxygens (including phenoxy) is 1. The summed E-state index contributed by atoms with van der Waals surface area (Å²) in [5.74, 6) is 0.375. The van der Waals surface area contributed by atoms with E-state index in [1.165, 1.54) is 6.21 Å². The molecule has 28 heavy (non-hydrogen) atoms. The first-order valence-electron chi connectivity index (χ1n) is 8.70. The van der Waals surface area contributed by atoms with Crippen LogP contribution in [0.3, 0.4) is 0 Å². The van der Waals surface area contributed by atoms with Gasteiger partial charge in [0.15, 0.2) is 0 Å². The highest BCUT2D eigenvalue weighted by molar-refractivity contribution is 6.41. The second-order valence-corrected chi connectivity index (χ2v) is 6.20. The predicted octanol–water partition coefficient (Wildman–Crippen LogP) is 4.47. The molecule has 1 amide bonds. The summed E-state index contributed by atoms with van der Waals surface area (Å²) in [6, 6.07) is 18.7. The molecule has 0 aliphatic heterocycles. The molecule has 3 rings (SSSR count). The van der Waals surface area contributed by atoms with E-state index in [-0.39, 0.29) is 0 Å². The number of carbonyl (C=O) groups excluding carboxylic acids is 1. The maximum Gasteiger partial charge on any atom is 0.289 e. The van der Waals surface area contributed by atoms with Crippen LogP contribution >= 0.6 is 11.6 Å². The second kappa shape index (κ2) is 9.53. The smallest absolute Gasteiger partial charge is 0.289 e. The number of hydrazone groups is 1. The minimum Gasteiger partial charge on any atom is -0.494 e. The average molecular weight is 395 g/mol. The molecular formula is C21H19ClN4O2. The van der Waals surface area contributed by atoms with Crippen molar-refractivity contribution in [3.63, 3.8) is 0 Å². The summed E-state index contributed by atoms with van der Waals surface area (Å²) in [6.07, 6.45) is 3.12. The Morgan fingerprint density at radius 1 is 1.21 bits per heavy atom. The van der Waals surface area contributed by atoms with E-state index >= 15 is 0 Å². The minimum atomic E-state index is -0.412. The quantitative estimate of drug-likeness (QED) is 0.458. The van der Waals surface area contributed by atoms with E-state index in [9.17, 15) is 4.79 Å². The lowest BCUT2D eigenvalue weighted by molar-refractivity contribution is 0.0950. The summed E-state index contributed by atoms with van der Waals surface area (Å²) in [4.78, 5) is 12.2. The van der Waals surface area contributed by atoms with Crippen LogP contribution in [-0.2, 0) is 0 Å². The lowest BCUT2D eigenvalue weighted by Crippen LogP contribution is -2.17. The SMILES string of the molecule is CCOc1ccc(-c2cc(C(=O)N/N=C/C(Cl)=C/c3ccccc3)[nH]n2)cc1. The van der Waals surface area contributed by atoms with Crippen LogP contribution in [-0.4, -0.2) is 28.9 Å². The molecule has 0 fully saturated rings. The summed E-state index contributed by atoms with van der Waals surface area (Å²) in [5, 5.41) is 11.1. The highest BCUT2D eigenvalue weighted by Crippen LogP contribution is 2.21. The highest BCUT2D eigenvalue weighted by atomic mass is 35.5. The molecule has 1 heterocycles. The first-order valence-corrected chi connectivity index (χ1v) is 9.08. The fraction of sp³-hybridized carbons (Fsp3) is 0.0952. The van der Waals surface area contributed by atoms with Crippen molar-refractivity contribution in [2.75, 3.05) is 6.61 Å². The summed E-state index contributed by atoms with van der Waals surface area (Å²) in [6.45, 7) is 2.54. The van der Waals surface area contributed by atoms with Gasteiger partial charge in [0.1, 0.15) is 11.4 Å². The van der Waals surface area contributed by atoms with Gasteiger partial charge in [0, 0.05) is 5.56 Å². The van der Waals surface area contributed by atoms with Crippen LogP contribution in [0.5, 0.6) is 5.75 Å². The Hall–Kier alpha value is -3.38. The van der Waals surface area contributed by atoms with Crippen LogP contribution in [0.2, 0.25) is 0 Å². The maximum atomic E-state index is 12.2. The summed E-state index contributed by atoms with van der Waals surface area (Å²) < 4.78 is 5.42. The van der Waals surface area contributed by atoms with E-state index in [1.54, 1.807) is 12.1 Å². The Kier molecular flexibility index (Phi) is 6.59. The van der Waals surface area contributed by atoms with Gasteiger partial charge >= 0.3 is 0 Å². The van der Waals surface area contributed by atoms with Crippen LogP contribution in [0.4, 0.5) is 0 Å². The average Bonchev–Trinajstić information content (AvgIpc) is 3.20. The van der Waals surface area contributed by atoms with Gasteiger partial charge < -0.3 is 4.74 Å². The van der Waals surface area contributed by atoms with Crippen LogP contribution in [0.25, 0.3) is 17.3 Å². The molecule has 0 saturated carbocycles. The normalized spacial score (nSPS) is 11.6. The number of aromatic amines is 1. The van der Waals surface area contributed by atoms with Crippen molar-refractivity contribution >= 4 is 29.8 Å². The minimum absolute atomic E-state index is 0.296. The lowest BCUT2D eigenvalue weighted by atomic mass is 10.1. The number of H-pyrrole nitrogens is 1. The Labute approximate surface area is 167 Å². The molecular weight excluding hydrogens is 376 g/mol. The maximum absolute atomic E-state index is 12.2. The number of halogens is 1. The third kappa shape index (κ3) is 5.31. The Balaban J connectivity index is 1.60. The van der Waals surface area contributed by atoms with E-state index in [2.05, 4.69) is 20.7 Å². The monoisotopic (exact) mass is 394 g/mol. The fourth-order valence-electron chi connectivity index (χ4n) is 2.43. The Morgan fingerprint density at radius 2 is 1.96 bits per heavy atom. The number of rotatable bonds is 7. The molecule has 1 aromatic heterocycles. The number of carbonyl (C=O) groups is 1. The zero-order valence-electron chi connectivity index (χ0n) is 15.2. The van der Waals surface area contributed by atoms with E-state index < -0.39 is 5.91 Å². The van der Waals surface area contributed by atoms with Crippen molar-refractivity contribution in [3.05, 3.63) is 77.0 Å². The van der Waals surface area contributed by atoms with Crippen molar-refractivity contribution in [2.45, 2.75) is 6.92 Å². The van der Waals surface area contributed by atoms with Gasteiger partial charge in [-0.25, -0.2) is 5.43 Å².